The van der Waals surface area contributed by atoms with Gasteiger partial charge in [-0.3, -0.25) is 4.79 Å². The molecule has 35 heavy (non-hydrogen) atoms. The fraction of sp³-hybridized carbons (Fsp3) is 0.545. The highest BCUT2D eigenvalue weighted by molar-refractivity contribution is 5.95. The number of benzene rings is 2. The Morgan fingerprint density at radius 3 is 1.86 bits per heavy atom. The Labute approximate surface area is 213 Å². The number of carbonyl (C=O) groups is 1. The Morgan fingerprint density at radius 2 is 1.29 bits per heavy atom. The van der Waals surface area contributed by atoms with Crippen molar-refractivity contribution in [2.45, 2.75) is 116 Å². The maximum absolute atomic E-state index is 13.0. The standard InChI is InChI=1S/C33H45NO/c1-23-21-29-30(33(5,6)20-19-32(29,3)4)22-28(23)24(2)25-15-17-26(18-16-25)31(35)34-27-13-11-9-7-8-10-12-14-27/h15-18,21-22,27H,2,7-14,19-20H2,1,3-6H3,(H,34,35). The molecule has 4 rings (SSSR count). The smallest absolute Gasteiger partial charge is 0.251 e. The average molecular weight is 472 g/mol. The van der Waals surface area contributed by atoms with Crippen LogP contribution >= 0.6 is 0 Å². The molecule has 0 bridgehead atoms. The molecule has 2 heteroatoms. The van der Waals surface area contributed by atoms with Crippen LogP contribution in [0.3, 0.4) is 0 Å². The van der Waals surface area contributed by atoms with Gasteiger partial charge in [0, 0.05) is 11.6 Å². The van der Waals surface area contributed by atoms with Crippen LogP contribution in [0.15, 0.2) is 43.0 Å². The molecule has 0 aromatic heterocycles. The number of aryl methyl sites for hydroxylation is 1. The van der Waals surface area contributed by atoms with E-state index in [2.05, 4.69) is 70.8 Å². The molecule has 2 aliphatic rings. The predicted molar refractivity (Wildman–Crippen MR) is 149 cm³/mol. The topological polar surface area (TPSA) is 29.1 Å². The molecule has 1 fully saturated rings. The van der Waals surface area contributed by atoms with Crippen LogP contribution in [0, 0.1) is 6.92 Å². The number of rotatable bonds is 4. The Bertz CT molecular complexity index is 1060. The van der Waals surface area contributed by atoms with Crippen LogP contribution in [-0.2, 0) is 10.8 Å². The van der Waals surface area contributed by atoms with Crippen LogP contribution in [0.25, 0.3) is 5.57 Å². The Morgan fingerprint density at radius 1 is 0.800 bits per heavy atom. The summed E-state index contributed by atoms with van der Waals surface area (Å²) in [6.07, 6.45) is 12.3. The third kappa shape index (κ3) is 5.74. The molecular weight excluding hydrogens is 426 g/mol. The van der Waals surface area contributed by atoms with Crippen LogP contribution in [0.2, 0.25) is 0 Å². The van der Waals surface area contributed by atoms with E-state index in [1.54, 1.807) is 0 Å². The second-order valence-corrected chi connectivity index (χ2v) is 12.4. The molecule has 2 nitrogen and oxygen atoms in total. The lowest BCUT2D eigenvalue weighted by Crippen LogP contribution is -2.34. The summed E-state index contributed by atoms with van der Waals surface area (Å²) in [6.45, 7) is 16.2. The minimum Gasteiger partial charge on any atom is -0.349 e. The van der Waals surface area contributed by atoms with Crippen LogP contribution in [0.4, 0.5) is 0 Å². The molecule has 2 aromatic carbocycles. The van der Waals surface area contributed by atoms with Crippen molar-refractivity contribution < 1.29 is 4.79 Å². The number of hydrogen-bond donors (Lipinski definition) is 1. The van der Waals surface area contributed by atoms with Gasteiger partial charge >= 0.3 is 0 Å². The van der Waals surface area contributed by atoms with E-state index >= 15 is 0 Å². The van der Waals surface area contributed by atoms with Gasteiger partial charge in [0.15, 0.2) is 0 Å². The van der Waals surface area contributed by atoms with Crippen molar-refractivity contribution >= 4 is 11.5 Å². The van der Waals surface area contributed by atoms with Gasteiger partial charge in [0.05, 0.1) is 0 Å². The number of hydrogen-bond acceptors (Lipinski definition) is 1. The first kappa shape index (κ1) is 25.7. The van der Waals surface area contributed by atoms with E-state index in [9.17, 15) is 4.79 Å². The van der Waals surface area contributed by atoms with E-state index in [1.165, 1.54) is 73.6 Å². The van der Waals surface area contributed by atoms with Crippen molar-refractivity contribution in [1.29, 1.82) is 0 Å². The van der Waals surface area contributed by atoms with Gasteiger partial charge in [-0.15, -0.1) is 0 Å². The van der Waals surface area contributed by atoms with Crippen LogP contribution < -0.4 is 5.32 Å². The summed E-state index contributed by atoms with van der Waals surface area (Å²) in [5.74, 6) is 0.0559. The van der Waals surface area contributed by atoms with Crippen LogP contribution in [-0.4, -0.2) is 11.9 Å². The zero-order valence-corrected chi connectivity index (χ0v) is 22.7. The maximum Gasteiger partial charge on any atom is 0.251 e. The quantitative estimate of drug-likeness (QED) is 0.475. The second-order valence-electron chi connectivity index (χ2n) is 12.4. The summed E-state index contributed by atoms with van der Waals surface area (Å²) in [4.78, 5) is 13.0. The van der Waals surface area contributed by atoms with Crippen molar-refractivity contribution in [1.82, 2.24) is 5.32 Å². The van der Waals surface area contributed by atoms with E-state index in [4.69, 9.17) is 0 Å². The van der Waals surface area contributed by atoms with Gasteiger partial charge < -0.3 is 5.32 Å². The number of nitrogens with one attached hydrogen (secondary N) is 1. The first-order chi connectivity index (χ1) is 16.6. The zero-order valence-electron chi connectivity index (χ0n) is 22.7. The summed E-state index contributed by atoms with van der Waals surface area (Å²) in [5.41, 5.74) is 8.69. The fourth-order valence-corrected chi connectivity index (χ4v) is 6.07. The van der Waals surface area contributed by atoms with Gasteiger partial charge in [-0.25, -0.2) is 0 Å². The Kier molecular flexibility index (Phi) is 7.60. The molecule has 1 saturated carbocycles. The summed E-state index contributed by atoms with van der Waals surface area (Å²) >= 11 is 0. The molecule has 0 atom stereocenters. The third-order valence-corrected chi connectivity index (χ3v) is 8.71. The van der Waals surface area contributed by atoms with Crippen LogP contribution in [0.1, 0.15) is 130 Å². The molecule has 188 valence electrons. The normalized spacial score (nSPS) is 20.1. The van der Waals surface area contributed by atoms with Crippen molar-refractivity contribution in [3.05, 3.63) is 76.4 Å². The van der Waals surface area contributed by atoms with E-state index in [0.717, 1.165) is 29.5 Å². The molecule has 0 heterocycles. The molecule has 0 aliphatic heterocycles. The highest BCUT2D eigenvalue weighted by Gasteiger charge is 2.37. The SMILES string of the molecule is C=C(c1ccc(C(=O)NC2CCCCCCCC2)cc1)c1cc2c(cc1C)C(C)(C)CCC2(C)C. The molecule has 1 N–H and O–H groups in total. The lowest BCUT2D eigenvalue weighted by molar-refractivity contribution is 0.0932. The second kappa shape index (κ2) is 10.3. The predicted octanol–water partition coefficient (Wildman–Crippen LogP) is 8.64. The zero-order chi connectivity index (χ0) is 25.2. The maximum atomic E-state index is 13.0. The molecular formula is C33H45NO. The van der Waals surface area contributed by atoms with E-state index < -0.39 is 0 Å². The number of fused-ring (bicyclic) bond motifs is 1. The van der Waals surface area contributed by atoms with Crippen LogP contribution in [0.5, 0.6) is 0 Å². The van der Waals surface area contributed by atoms with Gasteiger partial charge in [0.1, 0.15) is 0 Å². The first-order valence-corrected chi connectivity index (χ1v) is 13.8. The Balaban J connectivity index is 1.52. The van der Waals surface area contributed by atoms with E-state index in [0.29, 0.717) is 6.04 Å². The van der Waals surface area contributed by atoms with Crippen molar-refractivity contribution in [3.63, 3.8) is 0 Å². The number of amides is 1. The summed E-state index contributed by atoms with van der Waals surface area (Å²) < 4.78 is 0. The van der Waals surface area contributed by atoms with Crippen molar-refractivity contribution in [2.24, 2.45) is 0 Å². The van der Waals surface area contributed by atoms with Gasteiger partial charge in [-0.1, -0.05) is 97.1 Å². The van der Waals surface area contributed by atoms with E-state index in [1.807, 2.05) is 12.1 Å². The minimum atomic E-state index is 0.0559. The summed E-state index contributed by atoms with van der Waals surface area (Å²) in [7, 11) is 0. The van der Waals surface area contributed by atoms with Gasteiger partial charge in [-0.2, -0.15) is 0 Å². The highest BCUT2D eigenvalue weighted by atomic mass is 16.1. The molecule has 0 saturated heterocycles. The van der Waals surface area contributed by atoms with Crippen molar-refractivity contribution in [3.8, 4) is 0 Å². The van der Waals surface area contributed by atoms with Gasteiger partial charge in [-0.05, 0) is 89.0 Å². The fourth-order valence-electron chi connectivity index (χ4n) is 6.07. The molecule has 1 amide bonds. The Hall–Kier alpha value is -2.35. The summed E-state index contributed by atoms with van der Waals surface area (Å²) in [6, 6.07) is 13.2. The molecule has 2 aromatic rings. The third-order valence-electron chi connectivity index (χ3n) is 8.71. The average Bonchev–Trinajstić information content (AvgIpc) is 2.95. The summed E-state index contributed by atoms with van der Waals surface area (Å²) in [5, 5.41) is 3.31. The molecule has 0 spiro atoms. The number of carbonyl (C=O) groups excluding carboxylic acids is 1. The van der Waals surface area contributed by atoms with Gasteiger partial charge in [0.25, 0.3) is 5.91 Å². The molecule has 0 radical (unpaired) electrons. The molecule has 2 aliphatic carbocycles. The van der Waals surface area contributed by atoms with Crippen molar-refractivity contribution in [2.75, 3.05) is 0 Å². The lowest BCUT2D eigenvalue weighted by Gasteiger charge is -2.42. The molecule has 0 unspecified atom stereocenters. The van der Waals surface area contributed by atoms with Gasteiger partial charge in [0.2, 0.25) is 0 Å². The monoisotopic (exact) mass is 471 g/mol. The minimum absolute atomic E-state index is 0.0559. The lowest BCUT2D eigenvalue weighted by atomic mass is 9.62. The first-order valence-electron chi connectivity index (χ1n) is 13.8. The highest BCUT2D eigenvalue weighted by Crippen LogP contribution is 2.47. The largest absolute Gasteiger partial charge is 0.349 e. The van der Waals surface area contributed by atoms with E-state index in [-0.39, 0.29) is 16.7 Å².